The smallest absolute Gasteiger partial charge is 0.343 e. The molecule has 0 radical (unpaired) electrons. The molecule has 0 aromatic heterocycles. The Kier molecular flexibility index (Phi) is 5.68. The monoisotopic (exact) mass is 410 g/mol. The summed E-state index contributed by atoms with van der Waals surface area (Å²) in [4.78, 5) is 21.7. The first kappa shape index (κ1) is 19.9. The number of nitro groups is 1. The van der Waals surface area contributed by atoms with Gasteiger partial charge in [-0.3, -0.25) is 10.1 Å². The van der Waals surface area contributed by atoms with E-state index >= 15 is 0 Å². The predicted molar refractivity (Wildman–Crippen MR) is 94.0 cm³/mol. The molecular weight excluding hydrogens is 395 g/mol. The van der Waals surface area contributed by atoms with Crippen molar-refractivity contribution in [2.45, 2.75) is 4.90 Å². The number of sulfonamides is 1. The number of rotatable bonds is 5. The maximum Gasteiger partial charge on any atom is 0.343 e. The topological polar surface area (TPSA) is 116 Å². The third kappa shape index (κ3) is 4.16. The van der Waals surface area contributed by atoms with E-state index in [1.165, 1.54) is 12.1 Å². The Labute approximate surface area is 159 Å². The normalized spacial score (nSPS) is 15.2. The van der Waals surface area contributed by atoms with Crippen molar-refractivity contribution < 1.29 is 32.0 Å². The van der Waals surface area contributed by atoms with E-state index in [9.17, 15) is 27.7 Å². The van der Waals surface area contributed by atoms with Crippen molar-refractivity contribution in [3.8, 4) is 5.75 Å². The van der Waals surface area contributed by atoms with E-state index in [1.54, 1.807) is 0 Å². The number of ether oxygens (including phenoxy) is 2. The Balaban J connectivity index is 1.83. The van der Waals surface area contributed by atoms with E-state index in [2.05, 4.69) is 0 Å². The van der Waals surface area contributed by atoms with E-state index in [1.807, 2.05) is 0 Å². The van der Waals surface area contributed by atoms with Crippen LogP contribution in [0.5, 0.6) is 5.75 Å². The van der Waals surface area contributed by atoms with Crippen molar-refractivity contribution in [2.24, 2.45) is 0 Å². The van der Waals surface area contributed by atoms with Gasteiger partial charge in [0.15, 0.2) is 0 Å². The summed E-state index contributed by atoms with van der Waals surface area (Å²) in [7, 11) is -4.14. The van der Waals surface area contributed by atoms with Crippen molar-refractivity contribution in [1.82, 2.24) is 4.31 Å². The molecule has 0 unspecified atom stereocenters. The van der Waals surface area contributed by atoms with Crippen LogP contribution in [-0.2, 0) is 14.8 Å². The Morgan fingerprint density at radius 1 is 1.14 bits per heavy atom. The molecule has 0 amide bonds. The van der Waals surface area contributed by atoms with Gasteiger partial charge in [0.05, 0.1) is 23.7 Å². The molecule has 148 valence electrons. The van der Waals surface area contributed by atoms with Crippen LogP contribution in [0.1, 0.15) is 10.4 Å². The molecule has 1 heterocycles. The molecule has 0 aliphatic carbocycles. The zero-order valence-electron chi connectivity index (χ0n) is 14.4. The molecule has 28 heavy (non-hydrogen) atoms. The molecule has 0 bridgehead atoms. The number of benzene rings is 2. The first-order valence-electron chi connectivity index (χ1n) is 8.13. The third-order valence-corrected chi connectivity index (χ3v) is 5.93. The number of hydrogen-bond donors (Lipinski definition) is 0. The maximum atomic E-state index is 14.2. The average Bonchev–Trinajstić information content (AvgIpc) is 2.69. The number of halogens is 1. The molecule has 0 atom stereocenters. The highest BCUT2D eigenvalue weighted by Crippen LogP contribution is 2.23. The quantitative estimate of drug-likeness (QED) is 0.320. The summed E-state index contributed by atoms with van der Waals surface area (Å²) < 4.78 is 50.7. The second-order valence-corrected chi connectivity index (χ2v) is 7.71. The molecule has 9 nitrogen and oxygen atoms in total. The highest BCUT2D eigenvalue weighted by Gasteiger charge is 2.30. The molecule has 0 saturated carbocycles. The zero-order valence-corrected chi connectivity index (χ0v) is 15.2. The standard InChI is InChI=1S/C17H15FN2O7S/c18-15-6-1-12(11-16(15)28(24,25)19-7-9-26-10-8-19)17(21)27-14-4-2-13(3-5-14)20(22)23/h1-6,11H,7-10H2. The van der Waals surface area contributed by atoms with Crippen LogP contribution in [0, 0.1) is 15.9 Å². The second kappa shape index (κ2) is 8.00. The molecule has 3 rings (SSSR count). The van der Waals surface area contributed by atoms with Crippen LogP contribution >= 0.6 is 0 Å². The number of hydrogen-bond acceptors (Lipinski definition) is 7. The number of nitro benzene ring substituents is 1. The second-order valence-electron chi connectivity index (χ2n) is 5.80. The van der Waals surface area contributed by atoms with Gasteiger partial charge in [-0.15, -0.1) is 0 Å². The summed E-state index contributed by atoms with van der Waals surface area (Å²) in [5.74, 6) is -1.89. The Morgan fingerprint density at radius 2 is 1.79 bits per heavy atom. The van der Waals surface area contributed by atoms with E-state index in [0.29, 0.717) is 0 Å². The lowest BCUT2D eigenvalue weighted by Crippen LogP contribution is -2.41. The van der Waals surface area contributed by atoms with Gasteiger partial charge in [0.1, 0.15) is 16.5 Å². The summed E-state index contributed by atoms with van der Waals surface area (Å²) in [6.45, 7) is 0.559. The largest absolute Gasteiger partial charge is 0.423 e. The van der Waals surface area contributed by atoms with Crippen LogP contribution in [-0.4, -0.2) is 49.9 Å². The fraction of sp³-hybridized carbons (Fsp3) is 0.235. The van der Waals surface area contributed by atoms with Crippen molar-refractivity contribution in [3.63, 3.8) is 0 Å². The predicted octanol–water partition coefficient (Wildman–Crippen LogP) is 1.97. The van der Waals surface area contributed by atoms with Gasteiger partial charge in [0, 0.05) is 25.2 Å². The van der Waals surface area contributed by atoms with Gasteiger partial charge in [0.2, 0.25) is 10.0 Å². The summed E-state index contributed by atoms with van der Waals surface area (Å²) in [5.41, 5.74) is -0.355. The van der Waals surface area contributed by atoms with E-state index in [4.69, 9.17) is 9.47 Å². The number of non-ortho nitro benzene ring substituents is 1. The van der Waals surface area contributed by atoms with Crippen molar-refractivity contribution in [3.05, 3.63) is 64.0 Å². The fourth-order valence-corrected chi connectivity index (χ4v) is 4.05. The molecule has 1 saturated heterocycles. The Morgan fingerprint density at radius 3 is 2.39 bits per heavy atom. The maximum absolute atomic E-state index is 14.2. The summed E-state index contributed by atoms with van der Waals surface area (Å²) in [6, 6.07) is 7.65. The van der Waals surface area contributed by atoms with Gasteiger partial charge in [-0.05, 0) is 30.3 Å². The molecule has 1 aliphatic heterocycles. The van der Waals surface area contributed by atoms with Gasteiger partial charge in [-0.2, -0.15) is 4.31 Å². The third-order valence-electron chi connectivity index (χ3n) is 4.01. The minimum atomic E-state index is -4.14. The molecule has 2 aromatic carbocycles. The molecule has 1 fully saturated rings. The number of carbonyl (C=O) groups excluding carboxylic acids is 1. The zero-order chi connectivity index (χ0) is 20.3. The van der Waals surface area contributed by atoms with Crippen LogP contribution in [0.2, 0.25) is 0 Å². The highest BCUT2D eigenvalue weighted by atomic mass is 32.2. The fourth-order valence-electron chi connectivity index (χ4n) is 2.56. The van der Waals surface area contributed by atoms with Crippen LogP contribution in [0.4, 0.5) is 10.1 Å². The molecule has 1 aliphatic rings. The molecule has 11 heteroatoms. The lowest BCUT2D eigenvalue weighted by molar-refractivity contribution is -0.384. The summed E-state index contributed by atoms with van der Waals surface area (Å²) >= 11 is 0. The van der Waals surface area contributed by atoms with Crippen LogP contribution in [0.15, 0.2) is 47.4 Å². The summed E-state index contributed by atoms with van der Waals surface area (Å²) in [5, 5.41) is 10.6. The van der Waals surface area contributed by atoms with Gasteiger partial charge in [-0.1, -0.05) is 0 Å². The highest BCUT2D eigenvalue weighted by molar-refractivity contribution is 7.89. The SMILES string of the molecule is O=C(Oc1ccc([N+](=O)[O-])cc1)c1ccc(F)c(S(=O)(=O)N2CCOCC2)c1. The Bertz CT molecular complexity index is 1000. The number of carbonyl (C=O) groups is 1. The van der Waals surface area contributed by atoms with Gasteiger partial charge in [-0.25, -0.2) is 17.6 Å². The Hall–Kier alpha value is -2.89. The average molecular weight is 410 g/mol. The first-order valence-corrected chi connectivity index (χ1v) is 9.57. The van der Waals surface area contributed by atoms with E-state index in [0.717, 1.165) is 34.6 Å². The lowest BCUT2D eigenvalue weighted by atomic mass is 10.2. The molecular formula is C17H15FN2O7S. The first-order chi connectivity index (χ1) is 13.3. The minimum absolute atomic E-state index is 0.0255. The van der Waals surface area contributed by atoms with E-state index < -0.39 is 31.6 Å². The molecule has 0 spiro atoms. The van der Waals surface area contributed by atoms with Crippen molar-refractivity contribution in [1.29, 1.82) is 0 Å². The van der Waals surface area contributed by atoms with Gasteiger partial charge in [0.25, 0.3) is 5.69 Å². The van der Waals surface area contributed by atoms with Gasteiger partial charge >= 0.3 is 5.97 Å². The minimum Gasteiger partial charge on any atom is -0.423 e. The molecule has 2 aromatic rings. The van der Waals surface area contributed by atoms with Crippen LogP contribution in [0.3, 0.4) is 0 Å². The van der Waals surface area contributed by atoms with Crippen LogP contribution < -0.4 is 4.74 Å². The van der Waals surface area contributed by atoms with Crippen molar-refractivity contribution >= 4 is 21.7 Å². The number of nitrogens with zero attached hydrogens (tertiary/aromatic N) is 2. The van der Waals surface area contributed by atoms with Gasteiger partial charge < -0.3 is 9.47 Å². The summed E-state index contributed by atoms with van der Waals surface area (Å²) in [6.07, 6.45) is 0. The molecule has 0 N–H and O–H groups in total. The lowest BCUT2D eigenvalue weighted by Gasteiger charge is -2.26. The number of esters is 1. The number of morpholine rings is 1. The van der Waals surface area contributed by atoms with E-state index in [-0.39, 0.29) is 43.3 Å². The van der Waals surface area contributed by atoms with Crippen LogP contribution in [0.25, 0.3) is 0 Å². The van der Waals surface area contributed by atoms with Crippen molar-refractivity contribution in [2.75, 3.05) is 26.3 Å².